The number of rotatable bonds is 0. The van der Waals surface area contributed by atoms with E-state index in [-0.39, 0.29) is 5.17 Å². The molecule has 0 aromatic rings. The second-order valence-corrected chi connectivity index (χ2v) is 1.95. The van der Waals surface area contributed by atoms with Gasteiger partial charge in [-0.1, -0.05) is 0 Å². The molecule has 0 unspecified atom stereocenters. The molecule has 0 atom stereocenters. The maximum absolute atomic E-state index is 10.5. The topological polar surface area (TPSA) is 77.0 Å². The molecule has 0 saturated heterocycles. The number of methoxy groups -OCH3 is 2. The largest absolute Gasteiger partial charge is 0.453 e. The van der Waals surface area contributed by atoms with Gasteiger partial charge in [-0.15, -0.1) is 12.6 Å². The highest BCUT2D eigenvalue weighted by atomic mass is 32.1. The third kappa shape index (κ3) is 4.56. The summed E-state index contributed by atoms with van der Waals surface area (Å²) in [4.78, 5) is 24.1. The number of carbonyl (C=O) groups excluding carboxylic acids is 2. The van der Waals surface area contributed by atoms with Crippen LogP contribution in [0.5, 0.6) is 0 Å². The molecule has 0 bridgehead atoms. The summed E-state index contributed by atoms with van der Waals surface area (Å²) in [6, 6.07) is 0. The van der Waals surface area contributed by atoms with Gasteiger partial charge in [-0.25, -0.2) is 9.59 Å². The van der Waals surface area contributed by atoms with E-state index < -0.39 is 12.2 Å². The molecule has 0 aliphatic carbocycles. The van der Waals surface area contributed by atoms with Crippen LogP contribution in [0, 0.1) is 0 Å². The molecule has 0 heterocycles. The van der Waals surface area contributed by atoms with Crippen molar-refractivity contribution in [3.63, 3.8) is 0 Å². The number of alkyl carbamates (subject to hydrolysis) is 1. The van der Waals surface area contributed by atoms with Crippen LogP contribution in [0.25, 0.3) is 0 Å². The monoisotopic (exact) mass is 192 g/mol. The minimum absolute atomic E-state index is 0.186. The molecular formula is C5H8N2O4S. The van der Waals surface area contributed by atoms with Gasteiger partial charge in [0.2, 0.25) is 0 Å². The van der Waals surface area contributed by atoms with Gasteiger partial charge < -0.3 is 9.47 Å². The molecule has 0 rings (SSSR count). The molecule has 6 nitrogen and oxygen atoms in total. The maximum atomic E-state index is 10.5. The van der Waals surface area contributed by atoms with Crippen LogP contribution in [-0.2, 0) is 9.47 Å². The fraction of sp³-hybridized carbons (Fsp3) is 0.400. The molecule has 0 radical (unpaired) electrons. The molecule has 2 amide bonds. The van der Waals surface area contributed by atoms with Crippen molar-refractivity contribution >= 4 is 30.0 Å². The van der Waals surface area contributed by atoms with Gasteiger partial charge in [-0.3, -0.25) is 5.32 Å². The Morgan fingerprint density at radius 1 is 1.33 bits per heavy atom. The van der Waals surface area contributed by atoms with Gasteiger partial charge in [-0.05, 0) is 0 Å². The van der Waals surface area contributed by atoms with E-state index in [1.54, 1.807) is 0 Å². The smallest absolute Gasteiger partial charge is 0.435 e. The second-order valence-electron chi connectivity index (χ2n) is 1.52. The summed E-state index contributed by atoms with van der Waals surface area (Å²) in [6.07, 6.45) is -1.61. The number of carbonyl (C=O) groups is 2. The lowest BCUT2D eigenvalue weighted by Crippen LogP contribution is -2.27. The highest BCUT2D eigenvalue weighted by Crippen LogP contribution is 1.86. The number of nitrogens with one attached hydrogen (secondary N) is 1. The van der Waals surface area contributed by atoms with Crippen molar-refractivity contribution < 1.29 is 19.1 Å². The second kappa shape index (κ2) is 5.42. The van der Waals surface area contributed by atoms with Gasteiger partial charge in [0.1, 0.15) is 0 Å². The van der Waals surface area contributed by atoms with Crippen LogP contribution in [0.3, 0.4) is 0 Å². The number of amides is 2. The number of amidine groups is 1. The van der Waals surface area contributed by atoms with Crippen molar-refractivity contribution in [3.8, 4) is 0 Å². The molecule has 0 spiro atoms. The molecule has 68 valence electrons. The number of hydrogen-bond donors (Lipinski definition) is 2. The third-order valence-corrected chi connectivity index (χ3v) is 0.983. The summed E-state index contributed by atoms with van der Waals surface area (Å²) in [5, 5.41) is 1.86. The summed E-state index contributed by atoms with van der Waals surface area (Å²) < 4.78 is 8.37. The SMILES string of the molecule is COC(=O)/N=C(\S)NC(=O)OC. The summed E-state index contributed by atoms with van der Waals surface area (Å²) >= 11 is 3.65. The van der Waals surface area contributed by atoms with Crippen molar-refractivity contribution in [1.82, 2.24) is 5.32 Å². The Morgan fingerprint density at radius 2 is 1.92 bits per heavy atom. The molecule has 0 saturated carbocycles. The number of ether oxygens (including phenoxy) is 2. The van der Waals surface area contributed by atoms with E-state index in [2.05, 4.69) is 27.1 Å². The van der Waals surface area contributed by atoms with E-state index in [0.717, 1.165) is 7.11 Å². The first-order valence-corrected chi connectivity index (χ1v) is 3.25. The normalized spacial score (nSPS) is 10.4. The van der Waals surface area contributed by atoms with Gasteiger partial charge in [0.05, 0.1) is 14.2 Å². The van der Waals surface area contributed by atoms with E-state index in [1.807, 2.05) is 5.32 Å². The zero-order chi connectivity index (χ0) is 9.56. The van der Waals surface area contributed by atoms with Crippen LogP contribution >= 0.6 is 12.6 Å². The Balaban J connectivity index is 4.02. The van der Waals surface area contributed by atoms with Crippen molar-refractivity contribution in [3.05, 3.63) is 0 Å². The number of hydrogen-bond acceptors (Lipinski definition) is 4. The Kier molecular flexibility index (Phi) is 4.86. The van der Waals surface area contributed by atoms with E-state index in [1.165, 1.54) is 7.11 Å². The zero-order valence-corrected chi connectivity index (χ0v) is 7.42. The Bertz CT molecular complexity index is 215. The lowest BCUT2D eigenvalue weighted by atomic mass is 11.0. The Labute approximate surface area is 74.3 Å². The highest BCUT2D eigenvalue weighted by Gasteiger charge is 2.03. The van der Waals surface area contributed by atoms with Crippen molar-refractivity contribution in [2.45, 2.75) is 0 Å². The van der Waals surface area contributed by atoms with Crippen molar-refractivity contribution in [2.75, 3.05) is 14.2 Å². The average molecular weight is 192 g/mol. The molecule has 1 N–H and O–H groups in total. The van der Waals surface area contributed by atoms with Crippen LogP contribution in [-0.4, -0.2) is 31.6 Å². The molecule has 7 heteroatoms. The van der Waals surface area contributed by atoms with Gasteiger partial charge in [0.25, 0.3) is 0 Å². The molecule has 0 fully saturated rings. The predicted molar refractivity (Wildman–Crippen MR) is 44.4 cm³/mol. The van der Waals surface area contributed by atoms with Crippen LogP contribution in [0.1, 0.15) is 0 Å². The number of nitrogens with zero attached hydrogens (tertiary/aromatic N) is 1. The zero-order valence-electron chi connectivity index (χ0n) is 6.53. The minimum atomic E-state index is -0.851. The summed E-state index contributed by atoms with van der Waals surface area (Å²) in [6.45, 7) is 0. The molecular weight excluding hydrogens is 184 g/mol. The van der Waals surface area contributed by atoms with Crippen LogP contribution < -0.4 is 5.32 Å². The quantitative estimate of drug-likeness (QED) is 0.331. The molecule has 0 aromatic carbocycles. The van der Waals surface area contributed by atoms with E-state index in [9.17, 15) is 9.59 Å². The summed E-state index contributed by atoms with van der Waals surface area (Å²) in [5.41, 5.74) is 0. The van der Waals surface area contributed by atoms with Crippen LogP contribution in [0.15, 0.2) is 4.99 Å². The van der Waals surface area contributed by atoms with Crippen molar-refractivity contribution in [2.24, 2.45) is 4.99 Å². The first-order chi connectivity index (χ1) is 5.60. The number of aliphatic imine (C=N–C) groups is 1. The Hall–Kier alpha value is -1.24. The lowest BCUT2D eigenvalue weighted by molar-refractivity contribution is 0.177. The standard InChI is InChI=1S/C5H8N2O4S/c1-10-4(8)6-3(12)7-5(9)11-2/h1-2H3,(H2,6,7,8,9,12). The first-order valence-electron chi connectivity index (χ1n) is 2.80. The summed E-state index contributed by atoms with van der Waals surface area (Å²) in [5.74, 6) is 0. The van der Waals surface area contributed by atoms with Crippen LogP contribution in [0.4, 0.5) is 9.59 Å². The minimum Gasteiger partial charge on any atom is -0.453 e. The van der Waals surface area contributed by atoms with E-state index in [4.69, 9.17) is 0 Å². The number of thiol groups is 1. The third-order valence-electron chi connectivity index (χ3n) is 0.771. The Morgan fingerprint density at radius 3 is 2.33 bits per heavy atom. The van der Waals surface area contributed by atoms with Gasteiger partial charge in [0.15, 0.2) is 5.17 Å². The molecule has 0 aliphatic heterocycles. The lowest BCUT2D eigenvalue weighted by Gasteiger charge is -1.99. The fourth-order valence-corrected chi connectivity index (χ4v) is 0.475. The predicted octanol–water partition coefficient (Wildman–Crippen LogP) is 0.395. The molecule has 0 aromatic heterocycles. The van der Waals surface area contributed by atoms with Gasteiger partial charge in [0, 0.05) is 0 Å². The van der Waals surface area contributed by atoms with Crippen molar-refractivity contribution in [1.29, 1.82) is 0 Å². The molecule has 12 heavy (non-hydrogen) atoms. The van der Waals surface area contributed by atoms with E-state index in [0.29, 0.717) is 0 Å². The first kappa shape index (κ1) is 10.8. The van der Waals surface area contributed by atoms with Crippen LogP contribution in [0.2, 0.25) is 0 Å². The van der Waals surface area contributed by atoms with E-state index >= 15 is 0 Å². The highest BCUT2D eigenvalue weighted by molar-refractivity contribution is 7.96. The van der Waals surface area contributed by atoms with Gasteiger partial charge >= 0.3 is 12.2 Å². The molecule has 0 aliphatic rings. The summed E-state index contributed by atoms with van der Waals surface area (Å²) in [7, 11) is 2.33. The maximum Gasteiger partial charge on any atom is 0.435 e. The fourth-order valence-electron chi connectivity index (χ4n) is 0.302. The average Bonchev–Trinajstić information content (AvgIpc) is 2.03. The van der Waals surface area contributed by atoms with Gasteiger partial charge in [-0.2, -0.15) is 4.99 Å².